The van der Waals surface area contributed by atoms with E-state index in [9.17, 15) is 9.59 Å². The Kier molecular flexibility index (Phi) is 5.25. The standard InChI is InChI=1S/C15H25N5O3/c1-15(2,3)23-14(22)20-8-6-16-11(10-20)9-18-12-13(21)19(4)7-5-17-12/h5,7,11,16H,6,8-10H2,1-4H3,(H,17,18). The molecule has 2 N–H and O–H groups in total. The minimum absolute atomic E-state index is 0.0305. The lowest BCUT2D eigenvalue weighted by molar-refractivity contribution is 0.0200. The van der Waals surface area contributed by atoms with E-state index in [4.69, 9.17) is 4.74 Å². The van der Waals surface area contributed by atoms with Crippen LogP contribution in [0.3, 0.4) is 0 Å². The third kappa shape index (κ3) is 4.95. The van der Waals surface area contributed by atoms with Crippen LogP contribution in [0.5, 0.6) is 0 Å². The maximum Gasteiger partial charge on any atom is 0.410 e. The van der Waals surface area contributed by atoms with Crippen molar-refractivity contribution in [3.05, 3.63) is 22.7 Å². The number of anilines is 1. The third-order valence-electron chi connectivity index (χ3n) is 3.44. The summed E-state index contributed by atoms with van der Waals surface area (Å²) >= 11 is 0. The number of hydrogen-bond donors (Lipinski definition) is 2. The highest BCUT2D eigenvalue weighted by atomic mass is 16.6. The van der Waals surface area contributed by atoms with Gasteiger partial charge in [-0.15, -0.1) is 0 Å². The molecule has 0 spiro atoms. The molecule has 1 amide bonds. The van der Waals surface area contributed by atoms with Gasteiger partial charge >= 0.3 is 6.09 Å². The van der Waals surface area contributed by atoms with E-state index < -0.39 is 5.60 Å². The van der Waals surface area contributed by atoms with Gasteiger partial charge in [0.2, 0.25) is 0 Å². The van der Waals surface area contributed by atoms with Gasteiger partial charge in [-0.3, -0.25) is 4.79 Å². The SMILES string of the molecule is Cn1ccnc(NCC2CN(C(=O)OC(C)(C)C)CCN2)c1=O. The van der Waals surface area contributed by atoms with Crippen LogP contribution >= 0.6 is 0 Å². The summed E-state index contributed by atoms with van der Waals surface area (Å²) in [5, 5.41) is 6.37. The molecule has 23 heavy (non-hydrogen) atoms. The van der Waals surface area contributed by atoms with Crippen molar-refractivity contribution in [3.8, 4) is 0 Å². The number of rotatable bonds is 3. The highest BCUT2D eigenvalue weighted by Crippen LogP contribution is 2.11. The zero-order chi connectivity index (χ0) is 17.0. The fraction of sp³-hybridized carbons (Fsp3) is 0.667. The zero-order valence-corrected chi connectivity index (χ0v) is 14.1. The Morgan fingerprint density at radius 1 is 1.52 bits per heavy atom. The Hall–Kier alpha value is -2.09. The molecule has 8 nitrogen and oxygen atoms in total. The van der Waals surface area contributed by atoms with E-state index in [0.717, 1.165) is 0 Å². The highest BCUT2D eigenvalue weighted by molar-refractivity contribution is 5.68. The molecular weight excluding hydrogens is 298 g/mol. The van der Waals surface area contributed by atoms with Gasteiger partial charge in [0, 0.05) is 51.7 Å². The molecule has 0 aromatic carbocycles. The van der Waals surface area contributed by atoms with Crippen molar-refractivity contribution in [1.82, 2.24) is 19.8 Å². The fourth-order valence-corrected chi connectivity index (χ4v) is 2.29. The second-order valence-corrected chi connectivity index (χ2v) is 6.65. The van der Waals surface area contributed by atoms with Crippen LogP contribution in [-0.4, -0.2) is 58.4 Å². The Morgan fingerprint density at radius 3 is 2.96 bits per heavy atom. The van der Waals surface area contributed by atoms with E-state index in [-0.39, 0.29) is 17.7 Å². The summed E-state index contributed by atoms with van der Waals surface area (Å²) in [6.45, 7) is 7.87. The predicted molar refractivity (Wildman–Crippen MR) is 87.6 cm³/mol. The predicted octanol–water partition coefficient (Wildman–Crippen LogP) is 0.401. The normalized spacial score (nSPS) is 18.6. The average molecular weight is 323 g/mol. The molecule has 0 radical (unpaired) electrons. The van der Waals surface area contributed by atoms with Crippen molar-refractivity contribution in [2.45, 2.75) is 32.4 Å². The first-order valence-electron chi connectivity index (χ1n) is 7.73. The molecule has 1 atom stereocenters. The third-order valence-corrected chi connectivity index (χ3v) is 3.44. The van der Waals surface area contributed by atoms with Crippen molar-refractivity contribution in [3.63, 3.8) is 0 Å². The van der Waals surface area contributed by atoms with Crippen molar-refractivity contribution >= 4 is 11.9 Å². The second-order valence-electron chi connectivity index (χ2n) is 6.65. The number of amides is 1. The summed E-state index contributed by atoms with van der Waals surface area (Å²) in [5.74, 6) is 0.311. The van der Waals surface area contributed by atoms with Gasteiger partial charge in [-0.05, 0) is 20.8 Å². The lowest BCUT2D eigenvalue weighted by Gasteiger charge is -2.35. The van der Waals surface area contributed by atoms with Gasteiger partial charge in [-0.2, -0.15) is 0 Å². The van der Waals surface area contributed by atoms with Crippen LogP contribution in [0.4, 0.5) is 10.6 Å². The van der Waals surface area contributed by atoms with E-state index in [1.54, 1.807) is 24.3 Å². The quantitative estimate of drug-likeness (QED) is 0.837. The summed E-state index contributed by atoms with van der Waals surface area (Å²) in [5.41, 5.74) is -0.678. The number of nitrogens with one attached hydrogen (secondary N) is 2. The van der Waals surface area contributed by atoms with Gasteiger partial charge in [0.1, 0.15) is 5.60 Å². The lowest BCUT2D eigenvalue weighted by Crippen LogP contribution is -2.55. The monoisotopic (exact) mass is 323 g/mol. The number of aromatic nitrogens is 2. The smallest absolute Gasteiger partial charge is 0.410 e. The van der Waals surface area contributed by atoms with Gasteiger partial charge in [0.15, 0.2) is 5.82 Å². The lowest BCUT2D eigenvalue weighted by atomic mass is 10.2. The van der Waals surface area contributed by atoms with Crippen LogP contribution in [0.25, 0.3) is 0 Å². The van der Waals surface area contributed by atoms with Gasteiger partial charge in [0.25, 0.3) is 5.56 Å². The van der Waals surface area contributed by atoms with Crippen LogP contribution in [0.15, 0.2) is 17.2 Å². The first kappa shape index (κ1) is 17.3. The average Bonchev–Trinajstić information content (AvgIpc) is 2.47. The van der Waals surface area contributed by atoms with Gasteiger partial charge in [-0.1, -0.05) is 0 Å². The highest BCUT2D eigenvalue weighted by Gasteiger charge is 2.27. The van der Waals surface area contributed by atoms with Crippen LogP contribution in [0.1, 0.15) is 20.8 Å². The molecule has 1 aromatic rings. The minimum Gasteiger partial charge on any atom is -0.444 e. The Bertz CT molecular complexity index is 608. The van der Waals surface area contributed by atoms with Crippen molar-refractivity contribution in [1.29, 1.82) is 0 Å². The summed E-state index contributed by atoms with van der Waals surface area (Å²) in [6, 6.07) is 0.0305. The number of carbonyl (C=O) groups excluding carboxylic acids is 1. The molecule has 1 saturated heterocycles. The minimum atomic E-state index is -0.504. The van der Waals surface area contributed by atoms with Crippen molar-refractivity contribution in [2.75, 3.05) is 31.5 Å². The van der Waals surface area contributed by atoms with Crippen LogP contribution in [0, 0.1) is 0 Å². The first-order chi connectivity index (χ1) is 10.8. The maximum absolute atomic E-state index is 12.1. The molecule has 1 aromatic heterocycles. The molecule has 2 heterocycles. The summed E-state index contributed by atoms with van der Waals surface area (Å²) in [7, 11) is 1.68. The number of hydrogen-bond acceptors (Lipinski definition) is 6. The van der Waals surface area contributed by atoms with Crippen molar-refractivity contribution < 1.29 is 9.53 Å². The zero-order valence-electron chi connectivity index (χ0n) is 14.1. The van der Waals surface area contributed by atoms with Gasteiger partial charge < -0.3 is 24.8 Å². The summed E-state index contributed by atoms with van der Waals surface area (Å²) < 4.78 is 6.87. The van der Waals surface area contributed by atoms with E-state index in [1.165, 1.54) is 4.57 Å². The molecule has 0 aliphatic carbocycles. The number of nitrogens with zero attached hydrogens (tertiary/aromatic N) is 3. The first-order valence-corrected chi connectivity index (χ1v) is 7.73. The number of carbonyl (C=O) groups is 1. The van der Waals surface area contributed by atoms with E-state index in [0.29, 0.717) is 32.0 Å². The number of ether oxygens (including phenoxy) is 1. The summed E-state index contributed by atoms with van der Waals surface area (Å²) in [6.07, 6.45) is 2.87. The molecule has 2 rings (SSSR count). The van der Waals surface area contributed by atoms with E-state index in [1.807, 2.05) is 20.8 Å². The molecule has 0 saturated carbocycles. The maximum atomic E-state index is 12.1. The van der Waals surface area contributed by atoms with Crippen LogP contribution in [-0.2, 0) is 11.8 Å². The van der Waals surface area contributed by atoms with Crippen LogP contribution in [0.2, 0.25) is 0 Å². The second kappa shape index (κ2) is 6.99. The molecule has 0 bridgehead atoms. The van der Waals surface area contributed by atoms with Gasteiger partial charge in [0.05, 0.1) is 0 Å². The Balaban J connectivity index is 1.90. The van der Waals surface area contributed by atoms with Gasteiger partial charge in [-0.25, -0.2) is 9.78 Å². The Morgan fingerprint density at radius 2 is 2.26 bits per heavy atom. The molecule has 128 valence electrons. The molecular formula is C15H25N5O3. The van der Waals surface area contributed by atoms with E-state index in [2.05, 4.69) is 15.6 Å². The number of aryl methyl sites for hydroxylation is 1. The van der Waals surface area contributed by atoms with Crippen LogP contribution < -0.4 is 16.2 Å². The topological polar surface area (TPSA) is 88.5 Å². The van der Waals surface area contributed by atoms with E-state index >= 15 is 0 Å². The molecule has 1 aliphatic heterocycles. The largest absolute Gasteiger partial charge is 0.444 e. The van der Waals surface area contributed by atoms with Crippen molar-refractivity contribution in [2.24, 2.45) is 7.05 Å². The molecule has 1 aliphatic rings. The fourth-order valence-electron chi connectivity index (χ4n) is 2.29. The molecule has 8 heteroatoms. The Labute approximate surface area is 135 Å². The summed E-state index contributed by atoms with van der Waals surface area (Å²) in [4.78, 5) is 29.8. The molecule has 1 unspecified atom stereocenters. The molecule has 1 fully saturated rings. The number of piperazine rings is 1.